The van der Waals surface area contributed by atoms with Crippen LogP contribution in [0.5, 0.6) is 0 Å². The third kappa shape index (κ3) is 3.11. The van der Waals surface area contributed by atoms with Gasteiger partial charge in [-0.2, -0.15) is 4.79 Å². The van der Waals surface area contributed by atoms with E-state index in [2.05, 4.69) is 0 Å². The van der Waals surface area contributed by atoms with E-state index in [4.69, 9.17) is 0 Å². The first-order valence-corrected chi connectivity index (χ1v) is 10.8. The smallest absolute Gasteiger partial charge is 0.465 e. The Morgan fingerprint density at radius 2 is 1.59 bits per heavy atom. The van der Waals surface area contributed by atoms with Crippen LogP contribution in [-0.4, -0.2) is 69.8 Å². The summed E-state index contributed by atoms with van der Waals surface area (Å²) >= 11 is 0. The molecule has 2 aromatic rings. The highest BCUT2D eigenvalue weighted by Crippen LogP contribution is 2.47. The zero-order chi connectivity index (χ0) is 23.3. The molecule has 0 aromatic heterocycles. The molecule has 1 saturated heterocycles. The number of piperazine rings is 1. The molecule has 1 aliphatic heterocycles. The summed E-state index contributed by atoms with van der Waals surface area (Å²) in [7, 11) is 0. The normalized spacial score (nSPS) is 25.2. The third-order valence-electron chi connectivity index (χ3n) is 7.40. The molecule has 2 amide bonds. The molecule has 0 radical (unpaired) electrons. The summed E-state index contributed by atoms with van der Waals surface area (Å²) in [5.74, 6) is -0.154. The summed E-state index contributed by atoms with van der Waals surface area (Å²) < 4.78 is -0.368. The van der Waals surface area contributed by atoms with Crippen molar-refractivity contribution in [2.45, 2.75) is 32.2 Å². The van der Waals surface area contributed by atoms with Crippen molar-refractivity contribution in [3.05, 3.63) is 59.7 Å². The van der Waals surface area contributed by atoms with Crippen LogP contribution in [0, 0.1) is 5.41 Å². The zero-order valence-corrected chi connectivity index (χ0v) is 18.6. The van der Waals surface area contributed by atoms with Gasteiger partial charge in [0.15, 0.2) is 11.8 Å². The number of quaternary nitrogens is 1. The first kappa shape index (κ1) is 22.0. The zero-order valence-electron chi connectivity index (χ0n) is 18.6. The summed E-state index contributed by atoms with van der Waals surface area (Å²) in [5.41, 5.74) is 2.10. The lowest BCUT2D eigenvalue weighted by Crippen LogP contribution is -2.76. The number of hydrogen-bond donors (Lipinski definition) is 2. The minimum atomic E-state index is -1.45. The summed E-state index contributed by atoms with van der Waals surface area (Å²) in [6.45, 7) is 5.60. The molecule has 168 valence electrons. The van der Waals surface area contributed by atoms with Gasteiger partial charge in [0.1, 0.15) is 13.1 Å². The van der Waals surface area contributed by atoms with Gasteiger partial charge < -0.3 is 15.0 Å². The molecule has 32 heavy (non-hydrogen) atoms. The number of rotatable bonds is 3. The predicted molar refractivity (Wildman–Crippen MR) is 120 cm³/mol. The van der Waals surface area contributed by atoms with Crippen LogP contribution >= 0.6 is 0 Å². The van der Waals surface area contributed by atoms with E-state index in [9.17, 15) is 24.6 Å². The summed E-state index contributed by atoms with van der Waals surface area (Å²) in [6, 6.07) is 16.0. The third-order valence-corrected chi connectivity index (χ3v) is 7.40. The molecule has 2 aromatic carbocycles. The van der Waals surface area contributed by atoms with Gasteiger partial charge in [-0.25, -0.2) is 9.28 Å². The fourth-order valence-electron chi connectivity index (χ4n) is 5.51. The lowest BCUT2D eigenvalue weighted by Gasteiger charge is -2.54. The Morgan fingerprint density at radius 3 is 2.03 bits per heavy atom. The number of carbonyl (C=O) groups is 3. The lowest BCUT2D eigenvalue weighted by molar-refractivity contribution is -0.869. The average molecular weight is 438 g/mol. The Kier molecular flexibility index (Phi) is 5.12. The number of nitrogens with zero attached hydrogens (tertiary/aromatic N) is 2. The van der Waals surface area contributed by atoms with Gasteiger partial charge in [0, 0.05) is 0 Å². The summed E-state index contributed by atoms with van der Waals surface area (Å²) in [5, 5.41) is 20.3. The second-order valence-corrected chi connectivity index (χ2v) is 9.95. The standard InChI is InChI=1S/C25H28N2O5/c1-24(2,3)25(16-28)15-27(23(31)32,13-12-26(25)22(29)30)14-21-19-10-6-4-8-17(19)18-9-5-7-11-20(18)21/h4-11,16,21H,12-15H2,1-3H3,(H-,29,30,31,32)/p+1. The van der Waals surface area contributed by atoms with Gasteiger partial charge in [-0.1, -0.05) is 69.3 Å². The van der Waals surface area contributed by atoms with Gasteiger partial charge in [-0.05, 0) is 27.7 Å². The van der Waals surface area contributed by atoms with Crippen LogP contribution in [-0.2, 0) is 4.79 Å². The summed E-state index contributed by atoms with van der Waals surface area (Å²) in [4.78, 5) is 38.4. The first-order chi connectivity index (χ1) is 15.1. The second-order valence-electron chi connectivity index (χ2n) is 9.95. The second kappa shape index (κ2) is 7.45. The molecular formula is C25H29N2O5+. The molecule has 1 heterocycles. The molecule has 4 rings (SSSR count). The van der Waals surface area contributed by atoms with Crippen LogP contribution in [0.2, 0.25) is 0 Å². The maximum Gasteiger partial charge on any atom is 0.513 e. The van der Waals surface area contributed by atoms with E-state index in [1.165, 1.54) is 0 Å². The van der Waals surface area contributed by atoms with Crippen molar-refractivity contribution >= 4 is 18.5 Å². The van der Waals surface area contributed by atoms with Gasteiger partial charge >= 0.3 is 12.2 Å². The number of hydrogen-bond acceptors (Lipinski definition) is 3. The molecule has 2 unspecified atom stereocenters. The average Bonchev–Trinajstić information content (AvgIpc) is 3.06. The quantitative estimate of drug-likeness (QED) is 0.552. The summed E-state index contributed by atoms with van der Waals surface area (Å²) in [6.07, 6.45) is -1.59. The van der Waals surface area contributed by atoms with Crippen molar-refractivity contribution in [1.82, 2.24) is 4.90 Å². The molecular weight excluding hydrogens is 408 g/mol. The fourth-order valence-corrected chi connectivity index (χ4v) is 5.51. The minimum absolute atomic E-state index is 0.0202. The van der Waals surface area contributed by atoms with E-state index in [0.29, 0.717) is 6.29 Å². The monoisotopic (exact) mass is 437 g/mol. The Bertz CT molecular complexity index is 1050. The number of benzene rings is 2. The highest BCUT2D eigenvalue weighted by atomic mass is 16.4. The molecule has 1 fully saturated rings. The van der Waals surface area contributed by atoms with E-state index in [1.54, 1.807) is 20.8 Å². The maximum absolute atomic E-state index is 12.8. The SMILES string of the molecule is CC(C)(C)C1(C=O)C[N+](CC2c3ccccc3-c3ccccc32)(C(=O)O)CCN1C(=O)O. The van der Waals surface area contributed by atoms with Crippen LogP contribution in [0.3, 0.4) is 0 Å². The molecule has 7 nitrogen and oxygen atoms in total. The van der Waals surface area contributed by atoms with Crippen molar-refractivity contribution in [2.24, 2.45) is 5.41 Å². The molecule has 0 bridgehead atoms. The largest absolute Gasteiger partial charge is 0.513 e. The van der Waals surface area contributed by atoms with Gasteiger partial charge in [-0.15, -0.1) is 0 Å². The van der Waals surface area contributed by atoms with E-state index < -0.39 is 23.1 Å². The highest BCUT2D eigenvalue weighted by Gasteiger charge is 2.61. The first-order valence-electron chi connectivity index (χ1n) is 10.8. The molecule has 0 saturated carbocycles. The molecule has 2 N–H and O–H groups in total. The molecule has 1 aliphatic carbocycles. The van der Waals surface area contributed by atoms with Crippen LogP contribution in [0.15, 0.2) is 48.5 Å². The maximum atomic E-state index is 12.8. The van der Waals surface area contributed by atoms with Crippen molar-refractivity contribution in [2.75, 3.05) is 26.2 Å². The van der Waals surface area contributed by atoms with Crippen LogP contribution in [0.25, 0.3) is 11.1 Å². The Hall–Kier alpha value is -3.19. The number of carboxylic acid groups (broad SMARTS) is 2. The number of carbonyl (C=O) groups excluding carboxylic acids is 1. The van der Waals surface area contributed by atoms with E-state index in [0.717, 1.165) is 27.2 Å². The Morgan fingerprint density at radius 1 is 1.06 bits per heavy atom. The molecule has 2 aliphatic rings. The molecule has 7 heteroatoms. The Balaban J connectivity index is 1.82. The van der Waals surface area contributed by atoms with Crippen LogP contribution < -0.4 is 0 Å². The number of aldehydes is 1. The fraction of sp³-hybridized carbons (Fsp3) is 0.400. The highest BCUT2D eigenvalue weighted by molar-refractivity contribution is 5.79. The minimum Gasteiger partial charge on any atom is -0.465 e. The van der Waals surface area contributed by atoms with Gasteiger partial charge in [0.25, 0.3) is 0 Å². The van der Waals surface area contributed by atoms with E-state index in [-0.39, 0.29) is 36.6 Å². The lowest BCUT2D eigenvalue weighted by atomic mass is 9.71. The number of fused-ring (bicyclic) bond motifs is 3. The van der Waals surface area contributed by atoms with Crippen LogP contribution in [0.4, 0.5) is 9.59 Å². The van der Waals surface area contributed by atoms with Gasteiger partial charge in [0.2, 0.25) is 0 Å². The van der Waals surface area contributed by atoms with Gasteiger partial charge in [-0.3, -0.25) is 4.90 Å². The van der Waals surface area contributed by atoms with Crippen molar-refractivity contribution in [3.63, 3.8) is 0 Å². The van der Waals surface area contributed by atoms with Crippen molar-refractivity contribution < 1.29 is 29.1 Å². The number of amides is 2. The van der Waals surface area contributed by atoms with Crippen LogP contribution in [0.1, 0.15) is 37.8 Å². The molecule has 0 spiro atoms. The van der Waals surface area contributed by atoms with Crippen molar-refractivity contribution in [3.8, 4) is 11.1 Å². The van der Waals surface area contributed by atoms with Gasteiger partial charge in [0.05, 0.1) is 19.0 Å². The van der Waals surface area contributed by atoms with Crippen molar-refractivity contribution in [1.29, 1.82) is 0 Å². The molecule has 2 atom stereocenters. The predicted octanol–water partition coefficient (Wildman–Crippen LogP) is 4.27. The van der Waals surface area contributed by atoms with E-state index in [1.807, 2.05) is 48.5 Å². The Labute approximate surface area is 187 Å². The van der Waals surface area contributed by atoms with E-state index >= 15 is 0 Å². The topological polar surface area (TPSA) is 94.9 Å².